The van der Waals surface area contributed by atoms with Crippen LogP contribution in [0.4, 0.5) is 0 Å². The minimum absolute atomic E-state index is 0.0841. The number of carbonyl (C=O) groups is 1. The number of alkyl halides is 1. The van der Waals surface area contributed by atoms with Crippen molar-refractivity contribution >= 4 is 21.8 Å². The van der Waals surface area contributed by atoms with Gasteiger partial charge >= 0.3 is 0 Å². The Morgan fingerprint density at radius 2 is 2.00 bits per heavy atom. The molecule has 0 saturated carbocycles. The summed E-state index contributed by atoms with van der Waals surface area (Å²) in [6, 6.07) is 10.7. The quantitative estimate of drug-likeness (QED) is 0.798. The second kappa shape index (κ2) is 8.54. The molecular formula is C17H25BrN2O. The third-order valence-corrected chi connectivity index (χ3v) is 5.06. The Hall–Kier alpha value is -0.870. The van der Waals surface area contributed by atoms with Crippen molar-refractivity contribution in [3.05, 3.63) is 35.9 Å². The van der Waals surface area contributed by atoms with Crippen molar-refractivity contribution < 1.29 is 4.79 Å². The van der Waals surface area contributed by atoms with Gasteiger partial charge in [0.25, 0.3) is 0 Å². The number of benzene rings is 1. The fourth-order valence-corrected chi connectivity index (χ4v) is 3.52. The fraction of sp³-hybridized carbons (Fsp3) is 0.588. The molecule has 1 N–H and O–H groups in total. The fourth-order valence-electron chi connectivity index (χ4n) is 2.94. The van der Waals surface area contributed by atoms with E-state index in [0.717, 1.165) is 31.5 Å². The summed E-state index contributed by atoms with van der Waals surface area (Å²) in [5.41, 5.74) is 1.41. The average molecular weight is 353 g/mol. The van der Waals surface area contributed by atoms with Crippen molar-refractivity contribution in [2.75, 3.05) is 31.5 Å². The largest absolute Gasteiger partial charge is 0.356 e. The van der Waals surface area contributed by atoms with E-state index in [1.165, 1.54) is 18.4 Å². The maximum Gasteiger partial charge on any atom is 0.216 e. The molecule has 0 aromatic heterocycles. The van der Waals surface area contributed by atoms with Gasteiger partial charge in [0, 0.05) is 31.3 Å². The summed E-state index contributed by atoms with van der Waals surface area (Å²) in [7, 11) is 0. The lowest BCUT2D eigenvalue weighted by molar-refractivity contribution is -0.119. The van der Waals surface area contributed by atoms with E-state index >= 15 is 0 Å². The summed E-state index contributed by atoms with van der Waals surface area (Å²) < 4.78 is 0. The van der Waals surface area contributed by atoms with Crippen LogP contribution in [0.1, 0.15) is 31.2 Å². The number of likely N-dealkylation sites (tertiary alicyclic amines) is 1. The van der Waals surface area contributed by atoms with E-state index in [1.807, 2.05) is 0 Å². The highest BCUT2D eigenvalue weighted by Gasteiger charge is 2.22. The third-order valence-electron chi connectivity index (χ3n) is 4.28. The van der Waals surface area contributed by atoms with Crippen LogP contribution in [-0.2, 0) is 4.79 Å². The van der Waals surface area contributed by atoms with Crippen molar-refractivity contribution in [2.24, 2.45) is 5.92 Å². The number of nitrogens with zero attached hydrogens (tertiary/aromatic N) is 1. The van der Waals surface area contributed by atoms with Gasteiger partial charge in [-0.05, 0) is 37.4 Å². The molecule has 0 spiro atoms. The van der Waals surface area contributed by atoms with E-state index in [9.17, 15) is 4.79 Å². The minimum atomic E-state index is 0.0841. The smallest absolute Gasteiger partial charge is 0.216 e. The number of rotatable bonds is 6. The van der Waals surface area contributed by atoms with Crippen LogP contribution in [0.15, 0.2) is 30.3 Å². The zero-order valence-electron chi connectivity index (χ0n) is 12.7. The maximum absolute atomic E-state index is 11.0. The summed E-state index contributed by atoms with van der Waals surface area (Å²) in [5, 5.41) is 3.95. The minimum Gasteiger partial charge on any atom is -0.356 e. The lowest BCUT2D eigenvalue weighted by atomic mass is 9.94. The molecule has 1 aromatic carbocycles. The molecule has 21 heavy (non-hydrogen) atoms. The number of nitrogens with one attached hydrogen (secondary N) is 1. The Bertz CT molecular complexity index is 430. The zero-order valence-corrected chi connectivity index (χ0v) is 14.3. The number of carbonyl (C=O) groups excluding carboxylic acids is 1. The average Bonchev–Trinajstić information content (AvgIpc) is 2.52. The van der Waals surface area contributed by atoms with Crippen LogP contribution in [0.2, 0.25) is 0 Å². The molecule has 0 aliphatic carbocycles. The summed E-state index contributed by atoms with van der Waals surface area (Å²) >= 11 is 3.66. The predicted octanol–water partition coefficient (Wildman–Crippen LogP) is 3.01. The van der Waals surface area contributed by atoms with Crippen molar-refractivity contribution in [3.63, 3.8) is 0 Å². The molecule has 1 aliphatic rings. The van der Waals surface area contributed by atoms with Gasteiger partial charge < -0.3 is 10.2 Å². The lowest BCUT2D eigenvalue weighted by Crippen LogP contribution is -2.40. The van der Waals surface area contributed by atoms with E-state index in [-0.39, 0.29) is 5.91 Å². The van der Waals surface area contributed by atoms with Gasteiger partial charge in [0.05, 0.1) is 0 Å². The monoisotopic (exact) mass is 352 g/mol. The van der Waals surface area contributed by atoms with Gasteiger partial charge in [0.15, 0.2) is 0 Å². The number of piperidine rings is 1. The Labute approximate surface area is 136 Å². The summed E-state index contributed by atoms with van der Waals surface area (Å²) in [6.07, 6.45) is 2.37. The first kappa shape index (κ1) is 16.5. The van der Waals surface area contributed by atoms with Gasteiger partial charge in [-0.25, -0.2) is 0 Å². The molecule has 0 bridgehead atoms. The Morgan fingerprint density at radius 3 is 2.57 bits per heavy atom. The van der Waals surface area contributed by atoms with Gasteiger partial charge in [-0.2, -0.15) is 0 Å². The number of hydrogen-bond donors (Lipinski definition) is 1. The molecule has 4 heteroatoms. The second-order valence-electron chi connectivity index (χ2n) is 5.94. The SMILES string of the molecule is CC(=O)NCC1CCN(CC(CBr)c2ccccc2)CC1. The van der Waals surface area contributed by atoms with Gasteiger partial charge in [0.1, 0.15) is 0 Å². The molecule has 1 aliphatic heterocycles. The van der Waals surface area contributed by atoms with Gasteiger partial charge in [-0.3, -0.25) is 4.79 Å². The molecule has 1 unspecified atom stereocenters. The van der Waals surface area contributed by atoms with Gasteiger partial charge in [-0.1, -0.05) is 46.3 Å². The van der Waals surface area contributed by atoms with Crippen molar-refractivity contribution in [3.8, 4) is 0 Å². The molecular weight excluding hydrogens is 328 g/mol. The van der Waals surface area contributed by atoms with Crippen LogP contribution in [0, 0.1) is 5.92 Å². The Balaban J connectivity index is 1.78. The molecule has 1 amide bonds. The number of halogens is 1. The normalized spacial score (nSPS) is 18.4. The first-order chi connectivity index (χ1) is 10.2. The first-order valence-corrected chi connectivity index (χ1v) is 8.89. The van der Waals surface area contributed by atoms with Crippen molar-refractivity contribution in [2.45, 2.75) is 25.7 Å². The molecule has 0 radical (unpaired) electrons. The zero-order chi connectivity index (χ0) is 15.1. The van der Waals surface area contributed by atoms with E-state index < -0.39 is 0 Å². The highest BCUT2D eigenvalue weighted by Crippen LogP contribution is 2.23. The maximum atomic E-state index is 11.0. The van der Waals surface area contributed by atoms with Gasteiger partial charge in [-0.15, -0.1) is 0 Å². The molecule has 1 atom stereocenters. The van der Waals surface area contributed by atoms with Crippen LogP contribution >= 0.6 is 15.9 Å². The lowest BCUT2D eigenvalue weighted by Gasteiger charge is -2.34. The van der Waals surface area contributed by atoms with Crippen LogP contribution in [0.5, 0.6) is 0 Å². The first-order valence-electron chi connectivity index (χ1n) is 7.76. The van der Waals surface area contributed by atoms with Crippen molar-refractivity contribution in [1.29, 1.82) is 0 Å². The molecule has 1 saturated heterocycles. The van der Waals surface area contributed by atoms with E-state index in [0.29, 0.717) is 11.8 Å². The molecule has 3 nitrogen and oxygen atoms in total. The molecule has 1 aromatic rings. The number of amides is 1. The van der Waals surface area contributed by atoms with E-state index in [2.05, 4.69) is 56.5 Å². The van der Waals surface area contributed by atoms with E-state index in [4.69, 9.17) is 0 Å². The second-order valence-corrected chi connectivity index (χ2v) is 6.59. The highest BCUT2D eigenvalue weighted by atomic mass is 79.9. The summed E-state index contributed by atoms with van der Waals surface area (Å²) in [5.74, 6) is 1.28. The molecule has 2 rings (SSSR count). The third kappa shape index (κ3) is 5.44. The van der Waals surface area contributed by atoms with Crippen LogP contribution < -0.4 is 5.32 Å². The Morgan fingerprint density at radius 1 is 1.33 bits per heavy atom. The van der Waals surface area contributed by atoms with Crippen LogP contribution in [0.25, 0.3) is 0 Å². The molecule has 116 valence electrons. The predicted molar refractivity (Wildman–Crippen MR) is 90.8 cm³/mol. The topological polar surface area (TPSA) is 32.3 Å². The number of hydrogen-bond acceptors (Lipinski definition) is 2. The van der Waals surface area contributed by atoms with E-state index in [1.54, 1.807) is 6.92 Å². The Kier molecular flexibility index (Phi) is 6.71. The van der Waals surface area contributed by atoms with Gasteiger partial charge in [0.2, 0.25) is 5.91 Å². The van der Waals surface area contributed by atoms with Crippen LogP contribution in [0.3, 0.4) is 0 Å². The molecule has 1 heterocycles. The standard InChI is InChI=1S/C17H25BrN2O/c1-14(21)19-12-15-7-9-20(10-8-15)13-17(11-18)16-5-3-2-4-6-16/h2-6,15,17H,7-13H2,1H3,(H,19,21). The van der Waals surface area contributed by atoms with Crippen LogP contribution in [-0.4, -0.2) is 42.3 Å². The molecule has 1 fully saturated rings. The van der Waals surface area contributed by atoms with Crippen molar-refractivity contribution in [1.82, 2.24) is 10.2 Å². The highest BCUT2D eigenvalue weighted by molar-refractivity contribution is 9.09. The summed E-state index contributed by atoms with van der Waals surface area (Å²) in [6.45, 7) is 5.82. The summed E-state index contributed by atoms with van der Waals surface area (Å²) in [4.78, 5) is 13.5.